The number of halogens is 3. The molecule has 1 aromatic carbocycles. The first-order valence-electron chi connectivity index (χ1n) is 9.15. The SMILES string of the molecule is CC(C)n1c(N2CCC[C@H]2C(N)=O)nc(OCc2ccc(F)cc2F)c(Br)c1=O. The van der Waals surface area contributed by atoms with Crippen LogP contribution in [0.4, 0.5) is 14.7 Å². The molecule has 3 rings (SSSR count). The molecule has 1 aromatic heterocycles. The fourth-order valence-corrected chi connectivity index (χ4v) is 3.73. The van der Waals surface area contributed by atoms with Gasteiger partial charge in [0.15, 0.2) is 0 Å². The number of rotatable bonds is 6. The lowest BCUT2D eigenvalue weighted by atomic mass is 10.2. The van der Waals surface area contributed by atoms with E-state index in [1.54, 1.807) is 4.90 Å². The number of benzene rings is 1. The van der Waals surface area contributed by atoms with Crippen LogP contribution >= 0.6 is 15.9 Å². The molecule has 0 spiro atoms. The second kappa shape index (κ2) is 8.48. The van der Waals surface area contributed by atoms with E-state index >= 15 is 0 Å². The number of hydrogen-bond acceptors (Lipinski definition) is 5. The molecule has 0 saturated carbocycles. The minimum absolute atomic E-state index is 0.0410. The molecule has 0 unspecified atom stereocenters. The smallest absolute Gasteiger partial charge is 0.273 e. The Morgan fingerprint density at radius 2 is 2.14 bits per heavy atom. The highest BCUT2D eigenvalue weighted by molar-refractivity contribution is 9.10. The van der Waals surface area contributed by atoms with Gasteiger partial charge in [0.05, 0.1) is 0 Å². The second-order valence-corrected chi connectivity index (χ2v) is 7.87. The van der Waals surface area contributed by atoms with Gasteiger partial charge in [0.25, 0.3) is 5.56 Å². The van der Waals surface area contributed by atoms with Crippen LogP contribution in [0.1, 0.15) is 38.3 Å². The second-order valence-electron chi connectivity index (χ2n) is 7.08. The number of carbonyl (C=O) groups excluding carboxylic acids is 1. The van der Waals surface area contributed by atoms with Crippen LogP contribution in [0.3, 0.4) is 0 Å². The molecule has 0 aliphatic carbocycles. The summed E-state index contributed by atoms with van der Waals surface area (Å²) in [5, 5.41) is 0. The van der Waals surface area contributed by atoms with Gasteiger partial charge in [0, 0.05) is 24.2 Å². The number of ether oxygens (including phenoxy) is 1. The average Bonchev–Trinajstić information content (AvgIpc) is 3.13. The maximum atomic E-state index is 13.9. The molecular formula is C19H21BrF2N4O3. The topological polar surface area (TPSA) is 90.5 Å². The van der Waals surface area contributed by atoms with E-state index in [0.29, 0.717) is 13.0 Å². The van der Waals surface area contributed by atoms with Crippen LogP contribution in [0.5, 0.6) is 5.88 Å². The van der Waals surface area contributed by atoms with E-state index in [4.69, 9.17) is 10.5 Å². The van der Waals surface area contributed by atoms with E-state index < -0.39 is 29.1 Å². The van der Waals surface area contributed by atoms with Gasteiger partial charge in [-0.25, -0.2) is 8.78 Å². The maximum absolute atomic E-state index is 13.9. The van der Waals surface area contributed by atoms with E-state index in [9.17, 15) is 18.4 Å². The summed E-state index contributed by atoms with van der Waals surface area (Å²) in [6, 6.07) is 2.33. The predicted octanol–water partition coefficient (Wildman–Crippen LogP) is 2.90. The molecule has 7 nitrogen and oxygen atoms in total. The van der Waals surface area contributed by atoms with Crippen LogP contribution in [0.25, 0.3) is 0 Å². The highest BCUT2D eigenvalue weighted by atomic mass is 79.9. The minimum atomic E-state index is -0.759. The van der Waals surface area contributed by atoms with Crippen molar-refractivity contribution in [2.75, 3.05) is 11.4 Å². The molecule has 0 radical (unpaired) electrons. The zero-order valence-electron chi connectivity index (χ0n) is 16.0. The summed E-state index contributed by atoms with van der Waals surface area (Å²) in [5.74, 6) is -1.72. The number of anilines is 1. The average molecular weight is 471 g/mol. The van der Waals surface area contributed by atoms with Crippen molar-refractivity contribution in [2.45, 2.75) is 45.4 Å². The Bertz CT molecular complexity index is 996. The van der Waals surface area contributed by atoms with Gasteiger partial charge in [0.1, 0.15) is 28.8 Å². The van der Waals surface area contributed by atoms with Crippen molar-refractivity contribution in [3.63, 3.8) is 0 Å². The Balaban J connectivity index is 2.01. The molecule has 1 aliphatic rings. The van der Waals surface area contributed by atoms with Gasteiger partial charge >= 0.3 is 0 Å². The Labute approximate surface area is 174 Å². The first-order chi connectivity index (χ1) is 13.7. The quantitative estimate of drug-likeness (QED) is 0.700. The molecular weight excluding hydrogens is 450 g/mol. The van der Waals surface area contributed by atoms with Crippen LogP contribution in [0.2, 0.25) is 0 Å². The molecule has 1 aliphatic heterocycles. The van der Waals surface area contributed by atoms with E-state index in [2.05, 4.69) is 20.9 Å². The fourth-order valence-electron chi connectivity index (χ4n) is 3.33. The fraction of sp³-hybridized carbons (Fsp3) is 0.421. The largest absolute Gasteiger partial charge is 0.472 e. The summed E-state index contributed by atoms with van der Waals surface area (Å²) in [5.41, 5.74) is 5.24. The molecule has 0 bridgehead atoms. The molecule has 10 heteroatoms. The Hall–Kier alpha value is -2.49. The van der Waals surface area contributed by atoms with Gasteiger partial charge in [-0.3, -0.25) is 14.2 Å². The molecule has 2 N–H and O–H groups in total. The summed E-state index contributed by atoms with van der Waals surface area (Å²) in [6.45, 7) is 3.91. The summed E-state index contributed by atoms with van der Waals surface area (Å²) in [4.78, 5) is 30.9. The lowest BCUT2D eigenvalue weighted by molar-refractivity contribution is -0.119. The number of carbonyl (C=O) groups is 1. The Morgan fingerprint density at radius 3 is 2.76 bits per heavy atom. The zero-order valence-corrected chi connectivity index (χ0v) is 17.6. The van der Waals surface area contributed by atoms with Crippen LogP contribution in [0.15, 0.2) is 27.5 Å². The van der Waals surface area contributed by atoms with Gasteiger partial charge < -0.3 is 15.4 Å². The first-order valence-corrected chi connectivity index (χ1v) is 9.94. The summed E-state index contributed by atoms with van der Waals surface area (Å²) >= 11 is 3.21. The highest BCUT2D eigenvalue weighted by Gasteiger charge is 2.33. The summed E-state index contributed by atoms with van der Waals surface area (Å²) in [6.07, 6.45) is 1.30. The molecule has 156 valence electrons. The van der Waals surface area contributed by atoms with E-state index in [-0.39, 0.29) is 34.5 Å². The van der Waals surface area contributed by atoms with Crippen molar-refractivity contribution in [3.8, 4) is 5.88 Å². The van der Waals surface area contributed by atoms with Gasteiger partial charge in [-0.05, 0) is 54.8 Å². The third-order valence-corrected chi connectivity index (χ3v) is 5.42. The molecule has 2 heterocycles. The third kappa shape index (κ3) is 4.26. The number of nitrogens with zero attached hydrogens (tertiary/aromatic N) is 3. The highest BCUT2D eigenvalue weighted by Crippen LogP contribution is 2.30. The van der Waals surface area contributed by atoms with E-state index in [0.717, 1.165) is 18.6 Å². The summed E-state index contributed by atoms with van der Waals surface area (Å²) < 4.78 is 34.1. The van der Waals surface area contributed by atoms with E-state index in [1.165, 1.54) is 10.6 Å². The number of hydrogen-bond donors (Lipinski definition) is 1. The van der Waals surface area contributed by atoms with Gasteiger partial charge in [0.2, 0.25) is 17.7 Å². The van der Waals surface area contributed by atoms with Crippen LogP contribution in [0, 0.1) is 11.6 Å². The van der Waals surface area contributed by atoms with Crippen molar-refractivity contribution in [1.29, 1.82) is 0 Å². The molecule has 1 fully saturated rings. The number of nitrogens with two attached hydrogens (primary N) is 1. The summed E-state index contributed by atoms with van der Waals surface area (Å²) in [7, 11) is 0. The van der Waals surface area contributed by atoms with Crippen LogP contribution in [-0.2, 0) is 11.4 Å². The number of amides is 1. The molecule has 1 atom stereocenters. The maximum Gasteiger partial charge on any atom is 0.273 e. The normalized spacial score (nSPS) is 16.5. The standard InChI is InChI=1S/C19H21BrF2N4O3/c1-10(2)26-18(28)15(20)17(29-9-11-5-6-12(21)8-13(11)22)24-19(26)25-7-3-4-14(25)16(23)27/h5-6,8,10,14H,3-4,7,9H2,1-2H3,(H2,23,27)/t14-/m0/s1. The van der Waals surface area contributed by atoms with Crippen molar-refractivity contribution < 1.29 is 18.3 Å². The third-order valence-electron chi connectivity index (χ3n) is 4.75. The molecule has 1 saturated heterocycles. The van der Waals surface area contributed by atoms with Crippen molar-refractivity contribution in [3.05, 3.63) is 50.2 Å². The predicted molar refractivity (Wildman–Crippen MR) is 107 cm³/mol. The molecule has 29 heavy (non-hydrogen) atoms. The Kier molecular flexibility index (Phi) is 6.21. The van der Waals surface area contributed by atoms with Crippen molar-refractivity contribution in [1.82, 2.24) is 9.55 Å². The van der Waals surface area contributed by atoms with Gasteiger partial charge in [-0.15, -0.1) is 0 Å². The van der Waals surface area contributed by atoms with Crippen LogP contribution in [-0.4, -0.2) is 28.0 Å². The van der Waals surface area contributed by atoms with Gasteiger partial charge in [-0.2, -0.15) is 4.98 Å². The minimum Gasteiger partial charge on any atom is -0.472 e. The zero-order chi connectivity index (χ0) is 21.3. The van der Waals surface area contributed by atoms with Crippen molar-refractivity contribution in [2.24, 2.45) is 5.73 Å². The Morgan fingerprint density at radius 1 is 1.41 bits per heavy atom. The van der Waals surface area contributed by atoms with E-state index in [1.807, 2.05) is 13.8 Å². The van der Waals surface area contributed by atoms with Gasteiger partial charge in [-0.1, -0.05) is 0 Å². The monoisotopic (exact) mass is 470 g/mol. The lowest BCUT2D eigenvalue weighted by Crippen LogP contribution is -2.44. The van der Waals surface area contributed by atoms with Crippen LogP contribution < -0.4 is 20.9 Å². The van der Waals surface area contributed by atoms with Crippen molar-refractivity contribution >= 4 is 27.8 Å². The number of aromatic nitrogens is 2. The first kappa shape index (κ1) is 21.2. The lowest BCUT2D eigenvalue weighted by Gasteiger charge is -2.28. The molecule has 1 amide bonds. The number of primary amides is 1. The molecule has 2 aromatic rings.